The van der Waals surface area contributed by atoms with Crippen LogP contribution in [0.5, 0.6) is 0 Å². The number of benzene rings is 1. The van der Waals surface area contributed by atoms with Crippen LogP contribution in [0, 0.1) is 6.92 Å². The number of hydrogen-bond donors (Lipinski definition) is 1. The first-order chi connectivity index (χ1) is 14.1. The van der Waals surface area contributed by atoms with Crippen LogP contribution in [0.4, 0.5) is 0 Å². The van der Waals surface area contributed by atoms with Crippen LogP contribution in [0.3, 0.4) is 0 Å². The summed E-state index contributed by atoms with van der Waals surface area (Å²) in [6, 6.07) is 6.13. The van der Waals surface area contributed by atoms with Crippen LogP contribution in [-0.4, -0.2) is 39.5 Å². The molecule has 3 aromatic rings. The number of fused-ring (bicyclic) bond motifs is 1. The average Bonchev–Trinajstić information content (AvgIpc) is 3.45. The number of methoxy groups -OCH3 is 1. The lowest BCUT2D eigenvalue weighted by molar-refractivity contribution is 0.0935. The van der Waals surface area contributed by atoms with E-state index in [4.69, 9.17) is 9.26 Å². The minimum atomic E-state index is -0.0983. The number of ether oxygens (including phenoxy) is 1. The minimum absolute atomic E-state index is 0.00949. The topological polar surface area (TPSA) is 95.1 Å². The van der Waals surface area contributed by atoms with Crippen LogP contribution in [0.15, 0.2) is 28.9 Å². The molecule has 0 spiro atoms. The van der Waals surface area contributed by atoms with Gasteiger partial charge in [-0.1, -0.05) is 24.2 Å². The summed E-state index contributed by atoms with van der Waals surface area (Å²) in [5.74, 6) is 1.14. The fourth-order valence-corrected chi connectivity index (χ4v) is 3.73. The van der Waals surface area contributed by atoms with Gasteiger partial charge in [-0.2, -0.15) is 10.1 Å². The number of amides is 1. The van der Waals surface area contributed by atoms with E-state index in [1.54, 1.807) is 18.0 Å². The van der Waals surface area contributed by atoms with Crippen LogP contribution in [0.25, 0.3) is 11.4 Å². The number of nitrogens with one attached hydrogen (secondary N) is 1. The number of aromatic nitrogens is 4. The van der Waals surface area contributed by atoms with Gasteiger partial charge >= 0.3 is 0 Å². The molecule has 0 aliphatic heterocycles. The lowest BCUT2D eigenvalue weighted by Gasteiger charge is -2.14. The number of carbonyl (C=O) groups is 1. The first-order valence-corrected chi connectivity index (χ1v) is 9.88. The molecule has 152 valence electrons. The molecule has 1 aliphatic rings. The predicted molar refractivity (Wildman–Crippen MR) is 106 cm³/mol. The van der Waals surface area contributed by atoms with Crippen LogP contribution >= 0.6 is 0 Å². The zero-order valence-electron chi connectivity index (χ0n) is 16.9. The molecule has 1 aromatic carbocycles. The number of aryl methyl sites for hydroxylation is 2. The van der Waals surface area contributed by atoms with E-state index < -0.39 is 0 Å². The number of nitrogens with zero attached hydrogens (tertiary/aromatic N) is 4. The molecule has 8 nitrogen and oxygen atoms in total. The third-order valence-corrected chi connectivity index (χ3v) is 5.41. The van der Waals surface area contributed by atoms with Gasteiger partial charge in [-0.15, -0.1) is 0 Å². The number of carbonyl (C=O) groups excluding carboxylic acids is 1. The Kier molecular flexibility index (Phi) is 5.44. The summed E-state index contributed by atoms with van der Waals surface area (Å²) in [6.07, 6.45) is 4.11. The summed E-state index contributed by atoms with van der Waals surface area (Å²) in [5.41, 5.74) is 4.74. The van der Waals surface area contributed by atoms with Gasteiger partial charge in [0.25, 0.3) is 5.91 Å². The smallest absolute Gasteiger partial charge is 0.255 e. The number of rotatable bonds is 7. The Morgan fingerprint density at radius 3 is 3.03 bits per heavy atom. The molecule has 29 heavy (non-hydrogen) atoms. The third-order valence-electron chi connectivity index (χ3n) is 5.41. The molecule has 0 saturated carbocycles. The summed E-state index contributed by atoms with van der Waals surface area (Å²) in [4.78, 5) is 17.2. The highest BCUT2D eigenvalue weighted by Crippen LogP contribution is 2.34. The molecule has 0 fully saturated rings. The Morgan fingerprint density at radius 1 is 1.41 bits per heavy atom. The van der Waals surface area contributed by atoms with E-state index in [-0.39, 0.29) is 11.9 Å². The standard InChI is InChI=1S/C21H25N5O3/c1-4-19-24-20(25-29-19)15-5-7-16-14(11-15)6-8-18(16)23-21(27)17-12-22-26(13(17)2)9-10-28-3/h5,7,11-12,18H,4,6,8-10H2,1-3H3,(H,23,27)/t18-/m1/s1. The molecule has 4 rings (SSSR count). The summed E-state index contributed by atoms with van der Waals surface area (Å²) in [6.45, 7) is 5.07. The van der Waals surface area contributed by atoms with Gasteiger partial charge in [0.1, 0.15) is 0 Å². The first kappa shape index (κ1) is 19.3. The SMILES string of the molecule is CCc1nc(-c2ccc3c(c2)CC[C@H]3NC(=O)c2cnn(CCOC)c2C)no1. The molecule has 2 heterocycles. The molecule has 1 aliphatic carbocycles. The first-order valence-electron chi connectivity index (χ1n) is 9.88. The summed E-state index contributed by atoms with van der Waals surface area (Å²) in [5, 5.41) is 11.5. The van der Waals surface area contributed by atoms with Gasteiger partial charge in [0.15, 0.2) is 0 Å². The zero-order valence-corrected chi connectivity index (χ0v) is 16.9. The van der Waals surface area contributed by atoms with Crippen molar-refractivity contribution in [3.05, 3.63) is 52.7 Å². The molecule has 0 unspecified atom stereocenters. The number of hydrogen-bond acceptors (Lipinski definition) is 6. The van der Waals surface area contributed by atoms with Crippen molar-refractivity contribution in [2.75, 3.05) is 13.7 Å². The Bertz CT molecular complexity index is 1020. The van der Waals surface area contributed by atoms with Crippen molar-refractivity contribution in [2.24, 2.45) is 0 Å². The van der Waals surface area contributed by atoms with Gasteiger partial charge < -0.3 is 14.6 Å². The average molecular weight is 395 g/mol. The normalized spacial score (nSPS) is 15.5. The van der Waals surface area contributed by atoms with Crippen molar-refractivity contribution in [3.8, 4) is 11.4 Å². The molecule has 0 bridgehead atoms. The van der Waals surface area contributed by atoms with Crippen molar-refractivity contribution in [2.45, 2.75) is 45.7 Å². The van der Waals surface area contributed by atoms with Crippen molar-refractivity contribution in [3.63, 3.8) is 0 Å². The Hall–Kier alpha value is -3.00. The van der Waals surface area contributed by atoms with Gasteiger partial charge in [-0.25, -0.2) is 0 Å². The molecule has 1 N–H and O–H groups in total. The maximum atomic E-state index is 12.8. The zero-order chi connectivity index (χ0) is 20.4. The van der Waals surface area contributed by atoms with Gasteiger partial charge in [-0.05, 0) is 37.0 Å². The van der Waals surface area contributed by atoms with Crippen LogP contribution in [0.1, 0.15) is 52.5 Å². The fraction of sp³-hybridized carbons (Fsp3) is 0.429. The second-order valence-corrected chi connectivity index (χ2v) is 7.20. The third kappa shape index (κ3) is 3.80. The highest BCUT2D eigenvalue weighted by Gasteiger charge is 2.26. The van der Waals surface area contributed by atoms with Crippen LogP contribution in [0.2, 0.25) is 0 Å². The Balaban J connectivity index is 1.48. The van der Waals surface area contributed by atoms with Gasteiger partial charge in [0.2, 0.25) is 11.7 Å². The summed E-state index contributed by atoms with van der Waals surface area (Å²) >= 11 is 0. The Labute approximate surface area is 169 Å². The Morgan fingerprint density at radius 2 is 2.28 bits per heavy atom. The van der Waals surface area contributed by atoms with Crippen molar-refractivity contribution in [1.29, 1.82) is 0 Å². The molecule has 1 atom stereocenters. The highest BCUT2D eigenvalue weighted by atomic mass is 16.5. The lowest BCUT2D eigenvalue weighted by Crippen LogP contribution is -2.27. The van der Waals surface area contributed by atoms with Gasteiger partial charge in [0.05, 0.1) is 31.0 Å². The second-order valence-electron chi connectivity index (χ2n) is 7.20. The second kappa shape index (κ2) is 8.16. The van der Waals surface area contributed by atoms with E-state index in [1.165, 1.54) is 5.56 Å². The minimum Gasteiger partial charge on any atom is -0.383 e. The molecular formula is C21H25N5O3. The van der Waals surface area contributed by atoms with E-state index in [1.807, 2.05) is 19.9 Å². The molecule has 1 amide bonds. The molecule has 0 radical (unpaired) electrons. The maximum absolute atomic E-state index is 12.8. The van der Waals surface area contributed by atoms with Gasteiger partial charge in [-0.3, -0.25) is 9.48 Å². The van der Waals surface area contributed by atoms with Crippen molar-refractivity contribution in [1.82, 2.24) is 25.2 Å². The monoisotopic (exact) mass is 395 g/mol. The van der Waals surface area contributed by atoms with Crippen LogP contribution < -0.4 is 5.32 Å². The quantitative estimate of drug-likeness (QED) is 0.661. The maximum Gasteiger partial charge on any atom is 0.255 e. The van der Waals surface area contributed by atoms with E-state index in [0.29, 0.717) is 36.9 Å². The fourth-order valence-electron chi connectivity index (χ4n) is 3.73. The summed E-state index contributed by atoms with van der Waals surface area (Å²) < 4.78 is 12.1. The van der Waals surface area contributed by atoms with E-state index >= 15 is 0 Å². The van der Waals surface area contributed by atoms with Gasteiger partial charge in [0, 0.05) is 24.8 Å². The predicted octanol–water partition coefficient (Wildman–Crippen LogP) is 2.87. The highest BCUT2D eigenvalue weighted by molar-refractivity contribution is 5.95. The largest absolute Gasteiger partial charge is 0.383 e. The molecule has 8 heteroatoms. The molecule has 2 aromatic heterocycles. The van der Waals surface area contributed by atoms with Crippen molar-refractivity contribution >= 4 is 5.91 Å². The van der Waals surface area contributed by atoms with E-state index in [9.17, 15) is 4.79 Å². The van der Waals surface area contributed by atoms with E-state index in [0.717, 1.165) is 29.7 Å². The van der Waals surface area contributed by atoms with Crippen LogP contribution in [-0.2, 0) is 24.1 Å². The summed E-state index contributed by atoms with van der Waals surface area (Å²) in [7, 11) is 1.65. The van der Waals surface area contributed by atoms with Crippen molar-refractivity contribution < 1.29 is 14.1 Å². The lowest BCUT2D eigenvalue weighted by atomic mass is 10.0. The molecular weight excluding hydrogens is 370 g/mol. The molecule has 0 saturated heterocycles. The van der Waals surface area contributed by atoms with E-state index in [2.05, 4.69) is 32.7 Å².